The van der Waals surface area contributed by atoms with Crippen LogP contribution in [0.4, 0.5) is 9.59 Å². The highest BCUT2D eigenvalue weighted by atomic mass is 16.7. The first-order valence-corrected chi connectivity index (χ1v) is 19.8. The zero-order chi connectivity index (χ0) is 42.2. The van der Waals surface area contributed by atoms with Gasteiger partial charge in [0, 0.05) is 37.3 Å². The van der Waals surface area contributed by atoms with Crippen molar-refractivity contribution < 1.29 is 67.3 Å². The molecule has 4 fully saturated rings. The van der Waals surface area contributed by atoms with Gasteiger partial charge in [0.2, 0.25) is 0 Å². The average Bonchev–Trinajstić information content (AvgIpc) is 3.43. The number of cyclic esters (lactones) is 1. The highest BCUT2D eigenvalue weighted by Gasteiger charge is 2.58. The average molecular weight is 802 g/mol. The van der Waals surface area contributed by atoms with Gasteiger partial charge in [-0.3, -0.25) is 9.59 Å². The second-order valence-corrected chi connectivity index (χ2v) is 17.4. The molecule has 4 aliphatic heterocycles. The largest absolute Gasteiger partial charge is 0.458 e. The number of nitrogens with one attached hydrogen (secondary N) is 1. The van der Waals surface area contributed by atoms with E-state index in [1.807, 2.05) is 25.9 Å². The molecule has 0 saturated carbocycles. The van der Waals surface area contributed by atoms with Crippen LogP contribution in [-0.4, -0.2) is 144 Å². The van der Waals surface area contributed by atoms with Crippen LogP contribution in [0.2, 0.25) is 0 Å². The second kappa shape index (κ2) is 17.7. The van der Waals surface area contributed by atoms with E-state index in [1.165, 1.54) is 7.11 Å². The first-order chi connectivity index (χ1) is 25.9. The lowest BCUT2D eigenvalue weighted by atomic mass is 9.73. The maximum atomic E-state index is 14.5. The molecule has 322 valence electrons. The molecule has 4 heterocycles. The number of primary amides is 1. The molecule has 0 aromatic heterocycles. The van der Waals surface area contributed by atoms with Gasteiger partial charge in [0.05, 0.1) is 35.9 Å². The van der Waals surface area contributed by atoms with Gasteiger partial charge >= 0.3 is 18.2 Å². The number of esters is 1. The van der Waals surface area contributed by atoms with Gasteiger partial charge in [0.25, 0.3) is 0 Å². The van der Waals surface area contributed by atoms with Crippen LogP contribution in [0.15, 0.2) is 0 Å². The lowest BCUT2D eigenvalue weighted by Gasteiger charge is -2.49. The van der Waals surface area contributed by atoms with E-state index in [2.05, 4.69) is 5.32 Å². The minimum Gasteiger partial charge on any atom is -0.458 e. The van der Waals surface area contributed by atoms with Gasteiger partial charge in [-0.1, -0.05) is 27.7 Å². The lowest BCUT2D eigenvalue weighted by Crippen LogP contribution is -2.62. The first kappa shape index (κ1) is 46.1. The number of Topliss-reactive ketones (excluding diaryl/α,β-unsaturated/α-hetero) is 1. The van der Waals surface area contributed by atoms with E-state index in [1.54, 1.807) is 62.3 Å². The lowest BCUT2D eigenvalue weighted by molar-refractivity contribution is -0.317. The highest BCUT2D eigenvalue weighted by molar-refractivity contribution is 5.85. The Labute approximate surface area is 330 Å². The Balaban J connectivity index is 1.92. The normalized spacial score (nSPS) is 46.9. The van der Waals surface area contributed by atoms with Gasteiger partial charge < -0.3 is 64.1 Å². The zero-order valence-corrected chi connectivity index (χ0v) is 35.3. The summed E-state index contributed by atoms with van der Waals surface area (Å²) in [5.41, 5.74) is 1.52. The van der Waals surface area contributed by atoms with Gasteiger partial charge in [0.15, 0.2) is 18.2 Å². The number of fused-ring (bicyclic) bond motifs is 1. The number of carbonyl (C=O) groups is 4. The van der Waals surface area contributed by atoms with Crippen LogP contribution in [0, 0.1) is 23.7 Å². The minimum absolute atomic E-state index is 0.0649. The molecule has 4 saturated heterocycles. The number of methoxy groups -OCH3 is 1. The third kappa shape index (κ3) is 9.30. The van der Waals surface area contributed by atoms with Crippen molar-refractivity contribution in [2.24, 2.45) is 29.4 Å². The fourth-order valence-electron chi connectivity index (χ4n) is 9.47. The number of hydrogen-bond donors (Lipinski definition) is 4. The molecule has 1 unspecified atom stereocenters. The van der Waals surface area contributed by atoms with E-state index < -0.39 is 114 Å². The van der Waals surface area contributed by atoms with Crippen molar-refractivity contribution in [3.63, 3.8) is 0 Å². The van der Waals surface area contributed by atoms with Crippen molar-refractivity contribution in [1.29, 1.82) is 0 Å². The van der Waals surface area contributed by atoms with Crippen LogP contribution in [-0.2, 0) is 47.5 Å². The number of aliphatic hydroxyl groups excluding tert-OH is 2. The number of ether oxygens (including phenoxy) is 8. The second-order valence-electron chi connectivity index (χ2n) is 17.4. The first-order valence-electron chi connectivity index (χ1n) is 19.8. The Bertz CT molecular complexity index is 1420. The van der Waals surface area contributed by atoms with E-state index in [0.717, 1.165) is 0 Å². The van der Waals surface area contributed by atoms with Gasteiger partial charge in [-0.25, -0.2) is 9.59 Å². The van der Waals surface area contributed by atoms with E-state index in [0.29, 0.717) is 6.42 Å². The summed E-state index contributed by atoms with van der Waals surface area (Å²) >= 11 is 0. The summed E-state index contributed by atoms with van der Waals surface area (Å²) in [4.78, 5) is 56.4. The predicted molar refractivity (Wildman–Crippen MR) is 200 cm³/mol. The Morgan fingerprint density at radius 3 is 2.18 bits per heavy atom. The molecule has 0 aliphatic carbocycles. The Hall–Kier alpha value is -2.64. The fourth-order valence-corrected chi connectivity index (χ4v) is 9.47. The molecule has 4 rings (SSSR count). The molecule has 17 nitrogen and oxygen atoms in total. The van der Waals surface area contributed by atoms with Crippen molar-refractivity contribution in [3.8, 4) is 0 Å². The summed E-state index contributed by atoms with van der Waals surface area (Å²) in [6, 6.07) is -1.27. The molecule has 17 heteroatoms. The molecule has 18 atom stereocenters. The van der Waals surface area contributed by atoms with Crippen LogP contribution in [0.3, 0.4) is 0 Å². The molecule has 0 radical (unpaired) electrons. The molecule has 0 bridgehead atoms. The third-order valence-corrected chi connectivity index (χ3v) is 12.8. The van der Waals surface area contributed by atoms with Crippen molar-refractivity contribution in [2.75, 3.05) is 21.2 Å². The monoisotopic (exact) mass is 801 g/mol. The number of aliphatic hydroxyl groups is 2. The number of nitrogens with two attached hydrogens (primary N) is 1. The van der Waals surface area contributed by atoms with Crippen LogP contribution in [0.25, 0.3) is 0 Å². The number of ketones is 1. The number of nitrogens with zero attached hydrogens (tertiary/aromatic N) is 1. The van der Waals surface area contributed by atoms with Crippen molar-refractivity contribution in [1.82, 2.24) is 10.2 Å². The third-order valence-electron chi connectivity index (χ3n) is 12.8. The number of carbonyl (C=O) groups excluding carboxylic acids is 4. The van der Waals surface area contributed by atoms with E-state index in [4.69, 9.17) is 43.6 Å². The van der Waals surface area contributed by atoms with Gasteiger partial charge in [0.1, 0.15) is 35.8 Å². The number of rotatable bonds is 8. The SMILES string of the molecule is CC[C@H]1OC(=O)[C@H](C)[C@@H](O[C@H]2C[C@@](C)(OC)[C@@H](O)[C@H](C)O2)[C@H](C)[C@@H](O[C@@H]2O[C@H](C)C[C@H](N(C)C)[C@H]2O)[C@](C)(OC(N)=O)C[C@@H](C)C(=O)C(C)[C@H]2NC(=O)O[C@@]21C. The standard InChI is InChI=1S/C39H67N3O14/c1-14-25-39(10)30(41-36(48)56-39)20(4)27(43)18(2)16-38(9,55-35(40)47)32(54-34-28(44)24(42(11)12)15-19(3)50-34)21(5)29(22(6)33(46)52-25)53-26-17-37(8,49-13)31(45)23(7)51-26/h18-26,28-32,34,44-45H,14-17H2,1-13H3,(H2,40,47)(H,41,48)/t18-,19-,20?,21+,22-,23+,24+,25-,26+,28-,29+,30-,31+,32-,34+,37-,38-,39-/m1/s1. The van der Waals surface area contributed by atoms with Crippen molar-refractivity contribution in [2.45, 2.75) is 179 Å². The number of likely N-dealkylation sites (N-methyl/N-ethyl adjacent to an activating group) is 1. The Kier molecular flexibility index (Phi) is 14.5. The van der Waals surface area contributed by atoms with E-state index >= 15 is 0 Å². The maximum Gasteiger partial charge on any atom is 0.408 e. The quantitative estimate of drug-likeness (QED) is 0.205. The molecule has 0 aromatic rings. The number of alkyl carbamates (subject to hydrolysis) is 1. The number of hydrogen-bond acceptors (Lipinski definition) is 15. The Morgan fingerprint density at radius 2 is 1.61 bits per heavy atom. The van der Waals surface area contributed by atoms with Crippen LogP contribution < -0.4 is 11.1 Å². The topological polar surface area (TPSA) is 224 Å². The summed E-state index contributed by atoms with van der Waals surface area (Å²) in [5, 5.41) is 25.4. The van der Waals surface area contributed by atoms with Crippen molar-refractivity contribution >= 4 is 23.9 Å². The zero-order valence-electron chi connectivity index (χ0n) is 35.3. The maximum absolute atomic E-state index is 14.5. The van der Waals surface area contributed by atoms with Crippen LogP contribution in [0.1, 0.15) is 94.9 Å². The van der Waals surface area contributed by atoms with Crippen LogP contribution >= 0.6 is 0 Å². The Morgan fingerprint density at radius 1 is 0.964 bits per heavy atom. The molecule has 56 heavy (non-hydrogen) atoms. The summed E-state index contributed by atoms with van der Waals surface area (Å²) in [5.74, 6) is -4.68. The molecule has 0 spiro atoms. The minimum atomic E-state index is -1.71. The molecular formula is C39H67N3O14. The molecular weight excluding hydrogens is 734 g/mol. The van der Waals surface area contributed by atoms with E-state index in [-0.39, 0.29) is 37.2 Å². The molecule has 0 aromatic carbocycles. The van der Waals surface area contributed by atoms with Gasteiger partial charge in [-0.05, 0) is 74.9 Å². The van der Waals surface area contributed by atoms with Gasteiger partial charge in [-0.2, -0.15) is 0 Å². The molecule has 5 N–H and O–H groups in total. The number of amides is 2. The van der Waals surface area contributed by atoms with Gasteiger partial charge in [-0.15, -0.1) is 0 Å². The molecule has 2 amide bonds. The van der Waals surface area contributed by atoms with Crippen molar-refractivity contribution in [3.05, 3.63) is 0 Å². The summed E-state index contributed by atoms with van der Waals surface area (Å²) in [6.07, 6.45) is -10.1. The predicted octanol–water partition coefficient (Wildman–Crippen LogP) is 2.64. The highest BCUT2D eigenvalue weighted by Crippen LogP contribution is 2.43. The molecule has 4 aliphatic rings. The summed E-state index contributed by atoms with van der Waals surface area (Å²) < 4.78 is 49.6. The smallest absolute Gasteiger partial charge is 0.408 e. The fraction of sp³-hybridized carbons (Fsp3) is 0.897. The summed E-state index contributed by atoms with van der Waals surface area (Å²) in [7, 11) is 5.14. The van der Waals surface area contributed by atoms with Crippen LogP contribution in [0.5, 0.6) is 0 Å². The summed E-state index contributed by atoms with van der Waals surface area (Å²) in [6.45, 7) is 17.0. The van der Waals surface area contributed by atoms with E-state index in [9.17, 15) is 29.4 Å².